The summed E-state index contributed by atoms with van der Waals surface area (Å²) in [4.78, 5) is 7.28. The number of aliphatic imine (C=N–C) groups is 1. The molecule has 0 amide bonds. The Kier molecular flexibility index (Phi) is 2.78. The number of benzene rings is 2. The van der Waals surface area contributed by atoms with Crippen LogP contribution in [0.3, 0.4) is 0 Å². The van der Waals surface area contributed by atoms with Gasteiger partial charge in [-0.1, -0.05) is 48.0 Å². The molecule has 20 heavy (non-hydrogen) atoms. The van der Waals surface area contributed by atoms with Gasteiger partial charge in [-0.2, -0.15) is 0 Å². The molecule has 2 heterocycles. The largest absolute Gasteiger partial charge is 0.355 e. The normalized spacial score (nSPS) is 20.4. The van der Waals surface area contributed by atoms with Gasteiger partial charge in [0.25, 0.3) is 0 Å². The fourth-order valence-corrected chi connectivity index (χ4v) is 3.46. The van der Waals surface area contributed by atoms with E-state index in [0.29, 0.717) is 5.92 Å². The maximum atomic E-state index is 6.36. The molecule has 0 saturated carbocycles. The predicted octanol–water partition coefficient (Wildman–Crippen LogP) is 4.37. The van der Waals surface area contributed by atoms with Crippen molar-refractivity contribution >= 4 is 23.1 Å². The Morgan fingerprint density at radius 1 is 1.05 bits per heavy atom. The summed E-state index contributed by atoms with van der Waals surface area (Å²) >= 11 is 6.36. The van der Waals surface area contributed by atoms with Crippen LogP contribution in [0.25, 0.3) is 0 Å². The van der Waals surface area contributed by atoms with Crippen LogP contribution >= 0.6 is 11.6 Å². The van der Waals surface area contributed by atoms with Crippen LogP contribution in [0.5, 0.6) is 0 Å². The third-order valence-electron chi connectivity index (χ3n) is 4.19. The Morgan fingerprint density at radius 2 is 1.85 bits per heavy atom. The van der Waals surface area contributed by atoms with Gasteiger partial charge < -0.3 is 4.90 Å². The molecule has 2 aromatic rings. The lowest BCUT2D eigenvalue weighted by Gasteiger charge is -2.26. The van der Waals surface area contributed by atoms with Crippen LogP contribution in [-0.4, -0.2) is 17.3 Å². The Morgan fingerprint density at radius 3 is 2.75 bits per heavy atom. The van der Waals surface area contributed by atoms with Crippen LogP contribution in [0, 0.1) is 0 Å². The second kappa shape index (κ2) is 4.64. The van der Waals surface area contributed by atoms with Gasteiger partial charge in [-0.15, -0.1) is 0 Å². The molecule has 100 valence electrons. The lowest BCUT2D eigenvalue weighted by atomic mass is 9.96. The van der Waals surface area contributed by atoms with Gasteiger partial charge >= 0.3 is 0 Å². The molecule has 0 N–H and O–H groups in total. The number of halogens is 1. The van der Waals surface area contributed by atoms with Crippen molar-refractivity contribution in [2.75, 3.05) is 6.54 Å². The number of nitrogens with zero attached hydrogens (tertiary/aromatic N) is 2. The SMILES string of the molecule is Clc1ccccc1C1CCN2Cc3ccccc3N=C12. The highest BCUT2D eigenvalue weighted by Crippen LogP contribution is 2.39. The van der Waals surface area contributed by atoms with E-state index in [1.807, 2.05) is 12.1 Å². The number of fused-ring (bicyclic) bond motifs is 2. The van der Waals surface area contributed by atoms with Crippen LogP contribution in [0.15, 0.2) is 53.5 Å². The van der Waals surface area contributed by atoms with Crippen LogP contribution in [0.1, 0.15) is 23.5 Å². The Balaban J connectivity index is 1.79. The van der Waals surface area contributed by atoms with E-state index in [9.17, 15) is 0 Å². The van der Waals surface area contributed by atoms with Crippen LogP contribution in [-0.2, 0) is 6.54 Å². The molecule has 1 fully saturated rings. The lowest BCUT2D eigenvalue weighted by Crippen LogP contribution is -2.29. The van der Waals surface area contributed by atoms with Gasteiger partial charge in [-0.3, -0.25) is 0 Å². The van der Waals surface area contributed by atoms with Gasteiger partial charge in [0.05, 0.1) is 5.69 Å². The standard InChI is InChI=1S/C17H15ClN2/c18-15-7-3-2-6-13(15)14-9-10-20-11-12-5-1-4-8-16(12)19-17(14)20/h1-8,14H,9-11H2. The van der Waals surface area contributed by atoms with Gasteiger partial charge in [0.1, 0.15) is 5.84 Å². The van der Waals surface area contributed by atoms with E-state index in [0.717, 1.165) is 30.2 Å². The summed E-state index contributed by atoms with van der Waals surface area (Å²) in [5.74, 6) is 1.51. The fraction of sp³-hybridized carbons (Fsp3) is 0.235. The van der Waals surface area contributed by atoms with Crippen molar-refractivity contribution in [2.24, 2.45) is 4.99 Å². The molecule has 0 radical (unpaired) electrons. The third kappa shape index (κ3) is 1.83. The number of para-hydroxylation sites is 1. The first-order valence-electron chi connectivity index (χ1n) is 6.99. The second-order valence-electron chi connectivity index (χ2n) is 5.38. The molecule has 2 nitrogen and oxygen atoms in total. The van der Waals surface area contributed by atoms with E-state index in [1.54, 1.807) is 0 Å². The van der Waals surface area contributed by atoms with E-state index in [-0.39, 0.29) is 0 Å². The third-order valence-corrected chi connectivity index (χ3v) is 4.54. The summed E-state index contributed by atoms with van der Waals surface area (Å²) in [6, 6.07) is 16.5. The summed E-state index contributed by atoms with van der Waals surface area (Å²) in [6.45, 7) is 2.03. The molecule has 1 atom stereocenters. The van der Waals surface area contributed by atoms with Crippen molar-refractivity contribution < 1.29 is 0 Å². The molecule has 0 aromatic heterocycles. The fourth-order valence-electron chi connectivity index (χ4n) is 3.19. The molecular formula is C17H15ClN2. The van der Waals surface area contributed by atoms with Crippen LogP contribution in [0.4, 0.5) is 5.69 Å². The van der Waals surface area contributed by atoms with Crippen molar-refractivity contribution in [1.82, 2.24) is 4.90 Å². The monoisotopic (exact) mass is 282 g/mol. The maximum Gasteiger partial charge on any atom is 0.113 e. The van der Waals surface area contributed by atoms with Gasteiger partial charge in [0.15, 0.2) is 0 Å². The molecule has 0 aliphatic carbocycles. The molecule has 2 aromatic carbocycles. The van der Waals surface area contributed by atoms with Gasteiger partial charge in [0, 0.05) is 24.0 Å². The minimum Gasteiger partial charge on any atom is -0.355 e. The molecule has 2 aliphatic heterocycles. The highest BCUT2D eigenvalue weighted by Gasteiger charge is 2.34. The number of hydrogen-bond donors (Lipinski definition) is 0. The number of amidine groups is 1. The highest BCUT2D eigenvalue weighted by atomic mass is 35.5. The maximum absolute atomic E-state index is 6.36. The Bertz CT molecular complexity index is 693. The summed E-state index contributed by atoms with van der Waals surface area (Å²) < 4.78 is 0. The second-order valence-corrected chi connectivity index (χ2v) is 5.79. The zero-order valence-corrected chi connectivity index (χ0v) is 11.8. The smallest absolute Gasteiger partial charge is 0.113 e. The van der Waals surface area contributed by atoms with Crippen molar-refractivity contribution in [1.29, 1.82) is 0 Å². The van der Waals surface area contributed by atoms with Crippen molar-refractivity contribution in [2.45, 2.75) is 18.9 Å². The molecular weight excluding hydrogens is 268 g/mol. The average Bonchev–Trinajstić information content (AvgIpc) is 2.88. The zero-order chi connectivity index (χ0) is 13.5. The number of hydrogen-bond acceptors (Lipinski definition) is 2. The molecule has 4 rings (SSSR count). The van der Waals surface area contributed by atoms with Crippen molar-refractivity contribution in [3.63, 3.8) is 0 Å². The van der Waals surface area contributed by atoms with Crippen LogP contribution < -0.4 is 0 Å². The lowest BCUT2D eigenvalue weighted by molar-refractivity contribution is 0.443. The van der Waals surface area contributed by atoms with Crippen molar-refractivity contribution in [3.05, 3.63) is 64.7 Å². The van der Waals surface area contributed by atoms with E-state index in [2.05, 4.69) is 41.3 Å². The van der Waals surface area contributed by atoms with Crippen molar-refractivity contribution in [3.8, 4) is 0 Å². The molecule has 1 unspecified atom stereocenters. The minimum atomic E-state index is 0.331. The molecule has 1 saturated heterocycles. The first kappa shape index (κ1) is 12.0. The van der Waals surface area contributed by atoms with Crippen LogP contribution in [0.2, 0.25) is 5.02 Å². The summed E-state index contributed by atoms with van der Waals surface area (Å²) in [7, 11) is 0. The predicted molar refractivity (Wildman–Crippen MR) is 82.8 cm³/mol. The quantitative estimate of drug-likeness (QED) is 0.758. The van der Waals surface area contributed by atoms with E-state index in [1.165, 1.54) is 17.0 Å². The van der Waals surface area contributed by atoms with E-state index in [4.69, 9.17) is 16.6 Å². The Labute approximate surface area is 123 Å². The highest BCUT2D eigenvalue weighted by molar-refractivity contribution is 6.31. The molecule has 0 bridgehead atoms. The first-order valence-corrected chi connectivity index (χ1v) is 7.36. The molecule has 0 spiro atoms. The zero-order valence-electron chi connectivity index (χ0n) is 11.1. The number of rotatable bonds is 1. The van der Waals surface area contributed by atoms with E-state index < -0.39 is 0 Å². The topological polar surface area (TPSA) is 15.6 Å². The molecule has 3 heteroatoms. The minimum absolute atomic E-state index is 0.331. The average molecular weight is 283 g/mol. The Hall–Kier alpha value is -1.80. The first-order chi connectivity index (χ1) is 9.83. The summed E-state index contributed by atoms with van der Waals surface area (Å²) in [5, 5.41) is 0.848. The summed E-state index contributed by atoms with van der Waals surface area (Å²) in [5.41, 5.74) is 3.63. The molecule has 2 aliphatic rings. The van der Waals surface area contributed by atoms with Gasteiger partial charge in [0.2, 0.25) is 0 Å². The van der Waals surface area contributed by atoms with Gasteiger partial charge in [-0.05, 0) is 29.7 Å². The van der Waals surface area contributed by atoms with E-state index >= 15 is 0 Å². The van der Waals surface area contributed by atoms with Gasteiger partial charge in [-0.25, -0.2) is 4.99 Å². The summed E-state index contributed by atoms with van der Waals surface area (Å²) in [6.07, 6.45) is 1.09.